The number of aryl methyl sites for hydroxylation is 2. The summed E-state index contributed by atoms with van der Waals surface area (Å²) < 4.78 is 2.38. The zero-order chi connectivity index (χ0) is 39.5. The largest absolute Gasteiger partial charge is 0.309 e. The topological polar surface area (TPSA) is 4.93 Å². The fraction of sp³-hybridized carbons (Fsp3) is 0.0345. The third-order valence-electron chi connectivity index (χ3n) is 12.1. The Hall–Kier alpha value is -7.48. The molecular weight excluding hydrogens is 711 g/mol. The first kappa shape index (κ1) is 34.7. The van der Waals surface area contributed by atoms with E-state index in [2.05, 4.69) is 231 Å². The Kier molecular flexibility index (Phi) is 8.34. The van der Waals surface area contributed by atoms with Crippen molar-refractivity contribution in [3.63, 3.8) is 0 Å². The Balaban J connectivity index is 1.12. The molecule has 11 aromatic rings. The molecule has 59 heavy (non-hydrogen) atoms. The van der Waals surface area contributed by atoms with E-state index in [1.807, 2.05) is 0 Å². The van der Waals surface area contributed by atoms with Crippen LogP contribution in [0, 0.1) is 13.8 Å². The van der Waals surface area contributed by atoms with Crippen LogP contribution in [-0.4, -0.2) is 4.57 Å². The van der Waals surface area contributed by atoms with Crippen molar-refractivity contribution in [3.05, 3.63) is 223 Å². The van der Waals surface area contributed by atoms with E-state index >= 15 is 0 Å². The number of hydrogen-bond donors (Lipinski definition) is 0. The summed E-state index contributed by atoms with van der Waals surface area (Å²) in [5, 5.41) is 7.52. The highest BCUT2D eigenvalue weighted by Crippen LogP contribution is 2.46. The molecule has 0 bridgehead atoms. The molecule has 0 atom stereocenters. The molecule has 0 radical (unpaired) electrons. The predicted molar refractivity (Wildman–Crippen MR) is 252 cm³/mol. The van der Waals surface area contributed by atoms with Crippen LogP contribution in [0.3, 0.4) is 0 Å². The number of fused-ring (bicyclic) bond motifs is 5. The van der Waals surface area contributed by atoms with Crippen LogP contribution in [0.25, 0.3) is 105 Å². The average Bonchev–Trinajstić information content (AvgIpc) is 3.63. The van der Waals surface area contributed by atoms with Crippen LogP contribution >= 0.6 is 0 Å². The molecule has 0 unspecified atom stereocenters. The normalized spacial score (nSPS) is 11.6. The minimum atomic E-state index is 1.17. The molecule has 0 N–H and O–H groups in total. The molecule has 11 rings (SSSR count). The van der Waals surface area contributed by atoms with Crippen LogP contribution in [0.1, 0.15) is 11.1 Å². The maximum Gasteiger partial charge on any atom is 0.0541 e. The molecule has 1 aromatic heterocycles. The van der Waals surface area contributed by atoms with Gasteiger partial charge < -0.3 is 4.57 Å². The summed E-state index contributed by atoms with van der Waals surface area (Å²) in [5.74, 6) is 0. The van der Waals surface area contributed by atoms with Crippen LogP contribution in [0.2, 0.25) is 0 Å². The summed E-state index contributed by atoms with van der Waals surface area (Å²) >= 11 is 0. The van der Waals surface area contributed by atoms with Crippen molar-refractivity contribution in [2.75, 3.05) is 0 Å². The Bertz CT molecular complexity index is 3340. The van der Waals surface area contributed by atoms with E-state index in [9.17, 15) is 0 Å². The van der Waals surface area contributed by atoms with Crippen molar-refractivity contribution in [1.29, 1.82) is 0 Å². The minimum Gasteiger partial charge on any atom is -0.309 e. The highest BCUT2D eigenvalue weighted by molar-refractivity contribution is 6.22. The Morgan fingerprint density at radius 1 is 0.254 bits per heavy atom. The SMILES string of the molecule is Cc1ccc(-c2ccc3c(-c4ccc(-c5ccc6c(c5)c5ccccc5n6-c5ccccc5)cc4)c4cc(-c5ccc(C)cc5)ccc4c(-c4ccccc4)c3c2)cc1. The van der Waals surface area contributed by atoms with Crippen molar-refractivity contribution in [3.8, 4) is 61.3 Å². The number of benzene rings is 10. The molecule has 0 aliphatic rings. The van der Waals surface area contributed by atoms with Crippen LogP contribution in [0.5, 0.6) is 0 Å². The van der Waals surface area contributed by atoms with E-state index < -0.39 is 0 Å². The molecule has 0 aliphatic carbocycles. The zero-order valence-electron chi connectivity index (χ0n) is 33.2. The highest BCUT2D eigenvalue weighted by Gasteiger charge is 2.19. The minimum absolute atomic E-state index is 1.17. The van der Waals surface area contributed by atoms with Gasteiger partial charge in [0.1, 0.15) is 0 Å². The van der Waals surface area contributed by atoms with Crippen molar-refractivity contribution >= 4 is 43.4 Å². The van der Waals surface area contributed by atoms with Gasteiger partial charge in [-0.05, 0) is 133 Å². The van der Waals surface area contributed by atoms with E-state index in [0.29, 0.717) is 0 Å². The van der Waals surface area contributed by atoms with Crippen molar-refractivity contribution in [1.82, 2.24) is 4.57 Å². The lowest BCUT2D eigenvalue weighted by molar-refractivity contribution is 1.18. The van der Waals surface area contributed by atoms with Crippen LogP contribution in [-0.2, 0) is 0 Å². The van der Waals surface area contributed by atoms with Gasteiger partial charge in [0.25, 0.3) is 0 Å². The first-order valence-corrected chi connectivity index (χ1v) is 20.5. The summed E-state index contributed by atoms with van der Waals surface area (Å²) in [6.45, 7) is 4.30. The molecular formula is C58H41N. The lowest BCUT2D eigenvalue weighted by Crippen LogP contribution is -1.93. The Morgan fingerprint density at radius 2 is 0.644 bits per heavy atom. The van der Waals surface area contributed by atoms with Gasteiger partial charge in [-0.25, -0.2) is 0 Å². The zero-order valence-corrected chi connectivity index (χ0v) is 33.2. The van der Waals surface area contributed by atoms with E-state index in [4.69, 9.17) is 0 Å². The second-order valence-electron chi connectivity index (χ2n) is 15.9. The molecule has 1 heteroatoms. The van der Waals surface area contributed by atoms with Gasteiger partial charge in [0.05, 0.1) is 11.0 Å². The maximum atomic E-state index is 2.42. The molecule has 1 nitrogen and oxygen atoms in total. The quantitative estimate of drug-likeness (QED) is 0.149. The lowest BCUT2D eigenvalue weighted by Gasteiger charge is -2.20. The van der Waals surface area contributed by atoms with Gasteiger partial charge in [-0.2, -0.15) is 0 Å². The second kappa shape index (κ2) is 14.2. The monoisotopic (exact) mass is 751 g/mol. The second-order valence-corrected chi connectivity index (χ2v) is 15.9. The summed E-state index contributed by atoms with van der Waals surface area (Å²) in [7, 11) is 0. The van der Waals surface area contributed by atoms with Gasteiger partial charge >= 0.3 is 0 Å². The molecule has 1 heterocycles. The van der Waals surface area contributed by atoms with Crippen molar-refractivity contribution in [2.45, 2.75) is 13.8 Å². The van der Waals surface area contributed by atoms with Crippen molar-refractivity contribution in [2.24, 2.45) is 0 Å². The van der Waals surface area contributed by atoms with Gasteiger partial charge in [0.15, 0.2) is 0 Å². The molecule has 0 fully saturated rings. The lowest BCUT2D eigenvalue weighted by atomic mass is 9.83. The molecule has 10 aromatic carbocycles. The van der Waals surface area contributed by atoms with E-state index in [1.165, 1.54) is 116 Å². The van der Waals surface area contributed by atoms with Gasteiger partial charge in [0, 0.05) is 16.5 Å². The van der Waals surface area contributed by atoms with Gasteiger partial charge in [-0.15, -0.1) is 0 Å². The number of para-hydroxylation sites is 2. The number of hydrogen-bond acceptors (Lipinski definition) is 0. The fourth-order valence-corrected chi connectivity index (χ4v) is 9.14. The standard InChI is InChI=1S/C58H41N/c1-38-17-21-40(22-18-38)45-30-33-51-53(36-45)57(43-11-5-3-6-12-43)50-32-29-46(41-23-19-39(2)20-24-41)37-54(50)58(51)44-27-25-42(26-28-44)47-31-34-56-52(35-47)49-15-9-10-16-55(49)59(56)48-13-7-4-8-14-48/h3-37H,1-2H3. The third kappa shape index (κ3) is 6.02. The highest BCUT2D eigenvalue weighted by atomic mass is 15.0. The van der Waals surface area contributed by atoms with E-state index in [0.717, 1.165) is 0 Å². The predicted octanol–water partition coefficient (Wildman–Crippen LogP) is 16.0. The number of aromatic nitrogens is 1. The Morgan fingerprint density at radius 3 is 1.20 bits per heavy atom. The van der Waals surface area contributed by atoms with Gasteiger partial charge in [-0.3, -0.25) is 0 Å². The fourth-order valence-electron chi connectivity index (χ4n) is 9.14. The van der Waals surface area contributed by atoms with E-state index in [-0.39, 0.29) is 0 Å². The number of nitrogens with zero attached hydrogens (tertiary/aromatic N) is 1. The summed E-state index contributed by atoms with van der Waals surface area (Å²) in [5.41, 5.74) is 18.4. The van der Waals surface area contributed by atoms with E-state index in [1.54, 1.807) is 0 Å². The molecule has 0 saturated carbocycles. The number of rotatable bonds is 6. The molecule has 0 saturated heterocycles. The smallest absolute Gasteiger partial charge is 0.0541 e. The third-order valence-corrected chi connectivity index (χ3v) is 12.1. The van der Waals surface area contributed by atoms with Gasteiger partial charge in [0.2, 0.25) is 0 Å². The molecule has 0 amide bonds. The van der Waals surface area contributed by atoms with Crippen LogP contribution < -0.4 is 0 Å². The molecule has 278 valence electrons. The Labute approximate surface area is 345 Å². The van der Waals surface area contributed by atoms with Crippen LogP contribution in [0.4, 0.5) is 0 Å². The van der Waals surface area contributed by atoms with Gasteiger partial charge in [-0.1, -0.05) is 181 Å². The molecule has 0 aliphatic heterocycles. The maximum absolute atomic E-state index is 2.42. The van der Waals surface area contributed by atoms with Crippen molar-refractivity contribution < 1.29 is 0 Å². The first-order chi connectivity index (χ1) is 29.1. The molecule has 0 spiro atoms. The summed E-state index contributed by atoms with van der Waals surface area (Å²) in [6, 6.07) is 78.5. The summed E-state index contributed by atoms with van der Waals surface area (Å²) in [6.07, 6.45) is 0. The average molecular weight is 752 g/mol. The van der Waals surface area contributed by atoms with Crippen LogP contribution in [0.15, 0.2) is 212 Å². The first-order valence-electron chi connectivity index (χ1n) is 20.5. The summed E-state index contributed by atoms with van der Waals surface area (Å²) in [4.78, 5) is 0.